The minimum absolute atomic E-state index is 0.114. The Morgan fingerprint density at radius 3 is 2.81 bits per heavy atom. The number of rotatable bonds is 3. The van der Waals surface area contributed by atoms with Gasteiger partial charge in [0.25, 0.3) is 5.91 Å². The van der Waals surface area contributed by atoms with Crippen LogP contribution >= 0.6 is 0 Å². The van der Waals surface area contributed by atoms with Crippen molar-refractivity contribution >= 4 is 11.6 Å². The van der Waals surface area contributed by atoms with Crippen LogP contribution in [0.5, 0.6) is 0 Å². The zero-order chi connectivity index (χ0) is 22.5. The van der Waals surface area contributed by atoms with E-state index in [-0.39, 0.29) is 29.7 Å². The summed E-state index contributed by atoms with van der Waals surface area (Å²) >= 11 is 0. The second-order valence-corrected chi connectivity index (χ2v) is 7.76. The van der Waals surface area contributed by atoms with Crippen molar-refractivity contribution in [1.82, 2.24) is 24.7 Å². The standard InChI is InChI=1S/C21H18F3N5O3/c1-12-8-19-25-14(10-18(21(22,23)24)29(19)26-12)13-4-2-6-28(11-13)20(30)15-9-17(32-27-15)16-5-3-7-31-16/h3,5,7-10,13H,2,4,6,11H2,1H3/t13-/m1/s1. The van der Waals surface area contributed by atoms with E-state index in [1.54, 1.807) is 24.0 Å². The number of carbonyl (C=O) groups is 1. The summed E-state index contributed by atoms with van der Waals surface area (Å²) in [4.78, 5) is 18.9. The predicted octanol–water partition coefficient (Wildman–Crippen LogP) is 4.32. The molecule has 8 nitrogen and oxygen atoms in total. The van der Waals surface area contributed by atoms with Gasteiger partial charge in [-0.3, -0.25) is 4.79 Å². The molecule has 0 aromatic carbocycles. The largest absolute Gasteiger partial charge is 0.461 e. The first kappa shape index (κ1) is 20.3. The number of aryl methyl sites for hydroxylation is 1. The van der Waals surface area contributed by atoms with Crippen LogP contribution in [0.2, 0.25) is 0 Å². The molecule has 0 unspecified atom stereocenters. The Morgan fingerprint density at radius 2 is 2.06 bits per heavy atom. The number of carbonyl (C=O) groups excluding carboxylic acids is 1. The van der Waals surface area contributed by atoms with Crippen LogP contribution in [0.25, 0.3) is 17.2 Å². The third kappa shape index (κ3) is 3.63. The SMILES string of the molecule is Cc1cc2nc([C@@H]3CCCN(C(=O)c4cc(-c5ccco5)on4)C3)cc(C(F)(F)F)n2n1. The van der Waals surface area contributed by atoms with Crippen LogP contribution in [0.15, 0.2) is 45.5 Å². The van der Waals surface area contributed by atoms with Gasteiger partial charge in [0, 0.05) is 36.8 Å². The number of hydrogen-bond donors (Lipinski definition) is 0. The first-order valence-electron chi connectivity index (χ1n) is 10.0. The maximum Gasteiger partial charge on any atom is 0.433 e. The summed E-state index contributed by atoms with van der Waals surface area (Å²) < 4.78 is 52.2. The normalized spacial score (nSPS) is 17.2. The van der Waals surface area contributed by atoms with Crippen LogP contribution in [0.4, 0.5) is 13.2 Å². The summed E-state index contributed by atoms with van der Waals surface area (Å²) in [5.74, 6) is 0.0744. The summed E-state index contributed by atoms with van der Waals surface area (Å²) in [6.45, 7) is 2.32. The van der Waals surface area contributed by atoms with Crippen molar-refractivity contribution in [1.29, 1.82) is 0 Å². The molecule has 4 aromatic rings. The van der Waals surface area contributed by atoms with E-state index in [2.05, 4.69) is 15.2 Å². The molecule has 0 radical (unpaired) electrons. The highest BCUT2D eigenvalue weighted by atomic mass is 19.4. The molecule has 0 bridgehead atoms. The number of likely N-dealkylation sites (tertiary alicyclic amines) is 1. The van der Waals surface area contributed by atoms with Gasteiger partial charge in [-0.2, -0.15) is 18.3 Å². The molecule has 1 fully saturated rings. The first-order chi connectivity index (χ1) is 15.3. The molecular formula is C21H18F3N5O3. The number of halogens is 3. The second-order valence-electron chi connectivity index (χ2n) is 7.76. The lowest BCUT2D eigenvalue weighted by Gasteiger charge is -2.32. The number of alkyl halides is 3. The third-order valence-electron chi connectivity index (χ3n) is 5.48. The van der Waals surface area contributed by atoms with Gasteiger partial charge in [-0.15, -0.1) is 0 Å². The Labute approximate surface area is 179 Å². The topological polar surface area (TPSA) is 89.7 Å². The maximum absolute atomic E-state index is 13.6. The fourth-order valence-electron chi connectivity index (χ4n) is 4.00. The predicted molar refractivity (Wildman–Crippen MR) is 105 cm³/mol. The molecule has 11 heteroatoms. The molecule has 166 valence electrons. The van der Waals surface area contributed by atoms with Gasteiger partial charge >= 0.3 is 6.18 Å². The fourth-order valence-corrected chi connectivity index (χ4v) is 4.00. The molecule has 5 rings (SSSR count). The van der Waals surface area contributed by atoms with Crippen molar-refractivity contribution in [3.63, 3.8) is 0 Å². The monoisotopic (exact) mass is 445 g/mol. The van der Waals surface area contributed by atoms with Crippen molar-refractivity contribution < 1.29 is 26.9 Å². The second kappa shape index (κ2) is 7.50. The van der Waals surface area contributed by atoms with Crippen LogP contribution in [0.3, 0.4) is 0 Å². The van der Waals surface area contributed by atoms with Crippen LogP contribution < -0.4 is 0 Å². The number of nitrogens with zero attached hydrogens (tertiary/aromatic N) is 5. The molecule has 32 heavy (non-hydrogen) atoms. The average molecular weight is 445 g/mol. The van der Waals surface area contributed by atoms with Crippen molar-refractivity contribution in [3.05, 3.63) is 59.4 Å². The molecule has 1 atom stereocenters. The van der Waals surface area contributed by atoms with Gasteiger partial charge in [0.2, 0.25) is 5.76 Å². The van der Waals surface area contributed by atoms with E-state index in [9.17, 15) is 18.0 Å². The molecule has 0 spiro atoms. The highest BCUT2D eigenvalue weighted by Gasteiger charge is 2.37. The Kier molecular flexibility index (Phi) is 4.75. The summed E-state index contributed by atoms with van der Waals surface area (Å²) in [7, 11) is 0. The molecule has 1 amide bonds. The Morgan fingerprint density at radius 1 is 1.22 bits per heavy atom. The van der Waals surface area contributed by atoms with E-state index in [0.29, 0.717) is 42.3 Å². The lowest BCUT2D eigenvalue weighted by atomic mass is 9.93. The Balaban J connectivity index is 1.42. The summed E-state index contributed by atoms with van der Waals surface area (Å²) in [5, 5.41) is 7.75. The van der Waals surface area contributed by atoms with E-state index in [4.69, 9.17) is 8.94 Å². The summed E-state index contributed by atoms with van der Waals surface area (Å²) in [5.41, 5.74) is 0.101. The van der Waals surface area contributed by atoms with E-state index >= 15 is 0 Å². The minimum atomic E-state index is -4.58. The van der Waals surface area contributed by atoms with Gasteiger partial charge in [-0.1, -0.05) is 5.16 Å². The van der Waals surface area contributed by atoms with Crippen LogP contribution in [-0.4, -0.2) is 43.7 Å². The van der Waals surface area contributed by atoms with Gasteiger partial charge in [0.1, 0.15) is 5.69 Å². The van der Waals surface area contributed by atoms with E-state index in [0.717, 1.165) is 10.6 Å². The van der Waals surface area contributed by atoms with Crippen molar-refractivity contribution in [2.45, 2.75) is 31.9 Å². The fraction of sp³-hybridized carbons (Fsp3) is 0.333. The van der Waals surface area contributed by atoms with Crippen molar-refractivity contribution in [3.8, 4) is 11.5 Å². The van der Waals surface area contributed by atoms with Gasteiger partial charge in [-0.25, -0.2) is 9.50 Å². The number of furan rings is 1. The van der Waals surface area contributed by atoms with Crippen LogP contribution in [0.1, 0.15) is 46.3 Å². The highest BCUT2D eigenvalue weighted by molar-refractivity contribution is 5.93. The minimum Gasteiger partial charge on any atom is -0.461 e. The quantitative estimate of drug-likeness (QED) is 0.467. The lowest BCUT2D eigenvalue weighted by molar-refractivity contribution is -0.142. The molecule has 0 aliphatic carbocycles. The lowest BCUT2D eigenvalue weighted by Crippen LogP contribution is -2.39. The van der Waals surface area contributed by atoms with Gasteiger partial charge in [0.15, 0.2) is 17.1 Å². The van der Waals surface area contributed by atoms with E-state index in [1.807, 2.05) is 0 Å². The summed E-state index contributed by atoms with van der Waals surface area (Å²) in [6, 6.07) is 7.41. The summed E-state index contributed by atoms with van der Waals surface area (Å²) in [6.07, 6.45) is -1.85. The molecular weight excluding hydrogens is 427 g/mol. The Hall–Kier alpha value is -3.63. The molecule has 0 saturated carbocycles. The third-order valence-corrected chi connectivity index (χ3v) is 5.48. The van der Waals surface area contributed by atoms with Gasteiger partial charge < -0.3 is 13.8 Å². The van der Waals surface area contributed by atoms with Crippen molar-refractivity contribution in [2.75, 3.05) is 13.1 Å². The van der Waals surface area contributed by atoms with Crippen LogP contribution in [-0.2, 0) is 6.18 Å². The number of fused-ring (bicyclic) bond motifs is 1. The Bertz CT molecular complexity index is 1280. The molecule has 4 aromatic heterocycles. The highest BCUT2D eigenvalue weighted by Crippen LogP contribution is 2.34. The smallest absolute Gasteiger partial charge is 0.433 e. The van der Waals surface area contributed by atoms with Crippen molar-refractivity contribution in [2.24, 2.45) is 0 Å². The molecule has 1 aliphatic rings. The van der Waals surface area contributed by atoms with Crippen LogP contribution in [0, 0.1) is 6.92 Å². The van der Waals surface area contributed by atoms with E-state index in [1.165, 1.54) is 18.4 Å². The number of aromatic nitrogens is 4. The van der Waals surface area contributed by atoms with Gasteiger partial charge in [-0.05, 0) is 38.0 Å². The molecule has 1 saturated heterocycles. The van der Waals surface area contributed by atoms with E-state index < -0.39 is 11.9 Å². The molecule has 5 heterocycles. The number of hydrogen-bond acceptors (Lipinski definition) is 6. The number of amides is 1. The average Bonchev–Trinajstić information content (AvgIpc) is 3.51. The van der Waals surface area contributed by atoms with Gasteiger partial charge in [0.05, 0.1) is 12.0 Å². The number of piperidine rings is 1. The maximum atomic E-state index is 13.6. The zero-order valence-corrected chi connectivity index (χ0v) is 17.0. The zero-order valence-electron chi connectivity index (χ0n) is 17.0. The molecule has 1 aliphatic heterocycles. The molecule has 0 N–H and O–H groups in total. The first-order valence-corrected chi connectivity index (χ1v) is 10.0.